The van der Waals surface area contributed by atoms with Crippen LogP contribution in [0.3, 0.4) is 0 Å². The van der Waals surface area contributed by atoms with Crippen LogP contribution in [0.4, 0.5) is 0 Å². The van der Waals surface area contributed by atoms with Gasteiger partial charge in [-0.05, 0) is 26.8 Å². The van der Waals surface area contributed by atoms with Crippen molar-refractivity contribution in [3.63, 3.8) is 0 Å². The molecule has 104 valence electrons. The van der Waals surface area contributed by atoms with Crippen molar-refractivity contribution in [1.29, 1.82) is 0 Å². The zero-order chi connectivity index (χ0) is 14.4. The van der Waals surface area contributed by atoms with Crippen molar-refractivity contribution in [3.8, 4) is 5.75 Å². The Kier molecular flexibility index (Phi) is 5.36. The fourth-order valence-corrected chi connectivity index (χ4v) is 1.90. The van der Waals surface area contributed by atoms with E-state index in [9.17, 15) is 14.7 Å². The maximum atomic E-state index is 11.5. The molecule has 5 heteroatoms. The number of hydrogen-bond acceptors (Lipinski definition) is 3. The van der Waals surface area contributed by atoms with E-state index >= 15 is 0 Å². The van der Waals surface area contributed by atoms with Crippen molar-refractivity contribution < 1.29 is 19.4 Å². The second-order valence-corrected chi connectivity index (χ2v) is 4.36. The molecule has 1 N–H and O–H groups in total. The molecule has 0 saturated carbocycles. The van der Waals surface area contributed by atoms with Crippen molar-refractivity contribution in [2.45, 2.75) is 32.9 Å². The molecule has 0 aliphatic carbocycles. The van der Waals surface area contributed by atoms with Crippen LogP contribution < -0.4 is 4.74 Å². The summed E-state index contributed by atoms with van der Waals surface area (Å²) in [5.41, 5.74) is 0.484. The van der Waals surface area contributed by atoms with Crippen LogP contribution in [-0.2, 0) is 9.59 Å². The molecule has 1 aromatic carbocycles. The predicted octanol–water partition coefficient (Wildman–Crippen LogP) is 2.08. The SMILES string of the molecule is CCOc1ccccc1C(C(=O)O)N(C=O)C(C)C. The van der Waals surface area contributed by atoms with E-state index in [0.29, 0.717) is 24.3 Å². The third-order valence-corrected chi connectivity index (χ3v) is 2.76. The summed E-state index contributed by atoms with van der Waals surface area (Å²) in [5.74, 6) is -0.585. The van der Waals surface area contributed by atoms with Gasteiger partial charge in [-0.3, -0.25) is 4.79 Å². The topological polar surface area (TPSA) is 66.8 Å². The fourth-order valence-electron chi connectivity index (χ4n) is 1.90. The summed E-state index contributed by atoms with van der Waals surface area (Å²) >= 11 is 0. The van der Waals surface area contributed by atoms with Gasteiger partial charge in [0.25, 0.3) is 0 Å². The second-order valence-electron chi connectivity index (χ2n) is 4.36. The average Bonchev–Trinajstić information content (AvgIpc) is 2.36. The Labute approximate surface area is 112 Å². The molecular weight excluding hydrogens is 246 g/mol. The molecule has 0 aliphatic heterocycles. The number of ether oxygens (including phenoxy) is 1. The Morgan fingerprint density at radius 1 is 1.42 bits per heavy atom. The molecular formula is C14H19NO4. The molecule has 0 bridgehead atoms. The number of amides is 1. The van der Waals surface area contributed by atoms with Crippen LogP contribution >= 0.6 is 0 Å². The monoisotopic (exact) mass is 265 g/mol. The summed E-state index contributed by atoms with van der Waals surface area (Å²) < 4.78 is 5.44. The minimum Gasteiger partial charge on any atom is -0.493 e. The highest BCUT2D eigenvalue weighted by atomic mass is 16.5. The number of rotatable bonds is 7. The zero-order valence-corrected chi connectivity index (χ0v) is 11.4. The van der Waals surface area contributed by atoms with Gasteiger partial charge in [-0.1, -0.05) is 18.2 Å². The van der Waals surface area contributed by atoms with E-state index in [1.807, 2.05) is 6.92 Å². The Hall–Kier alpha value is -2.04. The number of aliphatic carboxylic acids is 1. The summed E-state index contributed by atoms with van der Waals surface area (Å²) in [6.45, 7) is 5.81. The first-order valence-corrected chi connectivity index (χ1v) is 6.20. The third kappa shape index (κ3) is 3.47. The molecule has 0 aliphatic rings. The number of hydrogen-bond donors (Lipinski definition) is 1. The van der Waals surface area contributed by atoms with Crippen LogP contribution in [0.25, 0.3) is 0 Å². The molecule has 1 rings (SSSR count). The highest BCUT2D eigenvalue weighted by Crippen LogP contribution is 2.30. The van der Waals surface area contributed by atoms with Crippen LogP contribution in [0.15, 0.2) is 24.3 Å². The van der Waals surface area contributed by atoms with Crippen molar-refractivity contribution in [1.82, 2.24) is 4.90 Å². The van der Waals surface area contributed by atoms with Crippen LogP contribution in [0.5, 0.6) is 5.75 Å². The summed E-state index contributed by atoms with van der Waals surface area (Å²) in [7, 11) is 0. The van der Waals surface area contributed by atoms with Crippen LogP contribution in [0, 0.1) is 0 Å². The average molecular weight is 265 g/mol. The first-order valence-electron chi connectivity index (χ1n) is 6.20. The van der Waals surface area contributed by atoms with Gasteiger partial charge < -0.3 is 14.7 Å². The molecule has 19 heavy (non-hydrogen) atoms. The molecule has 5 nitrogen and oxygen atoms in total. The molecule has 0 radical (unpaired) electrons. The van der Waals surface area contributed by atoms with Gasteiger partial charge in [-0.25, -0.2) is 4.79 Å². The molecule has 0 saturated heterocycles. The summed E-state index contributed by atoms with van der Waals surface area (Å²) in [4.78, 5) is 23.9. The quantitative estimate of drug-likeness (QED) is 0.766. The lowest BCUT2D eigenvalue weighted by Gasteiger charge is -2.29. The standard InChI is InChI=1S/C14H19NO4/c1-4-19-12-8-6-5-7-11(12)13(14(17)18)15(9-16)10(2)3/h5-10,13H,4H2,1-3H3,(H,17,18). The van der Waals surface area contributed by atoms with Crippen LogP contribution in [0.1, 0.15) is 32.4 Å². The highest BCUT2D eigenvalue weighted by Gasteiger charge is 2.30. The van der Waals surface area contributed by atoms with Gasteiger partial charge in [0.2, 0.25) is 6.41 Å². The first kappa shape index (κ1) is 15.0. The normalized spacial score (nSPS) is 12.0. The van der Waals surface area contributed by atoms with Gasteiger partial charge in [0.15, 0.2) is 6.04 Å². The maximum absolute atomic E-state index is 11.5. The number of carboxylic acids is 1. The molecule has 0 aromatic heterocycles. The van der Waals surface area contributed by atoms with Gasteiger partial charge in [-0.15, -0.1) is 0 Å². The molecule has 1 amide bonds. The predicted molar refractivity (Wildman–Crippen MR) is 71.0 cm³/mol. The van der Waals surface area contributed by atoms with Crippen LogP contribution in [0.2, 0.25) is 0 Å². The lowest BCUT2D eigenvalue weighted by atomic mass is 10.0. The molecule has 0 spiro atoms. The van der Waals surface area contributed by atoms with Gasteiger partial charge >= 0.3 is 5.97 Å². The van der Waals surface area contributed by atoms with Crippen molar-refractivity contribution in [3.05, 3.63) is 29.8 Å². The minimum atomic E-state index is -1.08. The van der Waals surface area contributed by atoms with Gasteiger partial charge in [0, 0.05) is 11.6 Å². The van der Waals surface area contributed by atoms with E-state index in [4.69, 9.17) is 4.74 Å². The number of carbonyl (C=O) groups is 2. The van der Waals surface area contributed by atoms with E-state index < -0.39 is 12.0 Å². The first-order chi connectivity index (χ1) is 9.02. The van der Waals surface area contributed by atoms with Gasteiger partial charge in [-0.2, -0.15) is 0 Å². The van der Waals surface area contributed by atoms with E-state index in [2.05, 4.69) is 0 Å². The number of carboxylic acid groups (broad SMARTS) is 1. The van der Waals surface area contributed by atoms with Crippen LogP contribution in [-0.4, -0.2) is 35.0 Å². The zero-order valence-electron chi connectivity index (χ0n) is 11.4. The van der Waals surface area contributed by atoms with Crippen molar-refractivity contribution in [2.24, 2.45) is 0 Å². The number of para-hydroxylation sites is 1. The van der Waals surface area contributed by atoms with E-state index in [-0.39, 0.29) is 6.04 Å². The second kappa shape index (κ2) is 6.78. The molecule has 0 heterocycles. The number of nitrogens with zero attached hydrogens (tertiary/aromatic N) is 1. The molecule has 0 fully saturated rings. The number of benzene rings is 1. The van der Waals surface area contributed by atoms with Gasteiger partial charge in [0.05, 0.1) is 6.61 Å². The lowest BCUT2D eigenvalue weighted by Crippen LogP contribution is -2.38. The van der Waals surface area contributed by atoms with E-state index in [0.717, 1.165) is 0 Å². The van der Waals surface area contributed by atoms with Crippen molar-refractivity contribution >= 4 is 12.4 Å². The Morgan fingerprint density at radius 3 is 2.53 bits per heavy atom. The van der Waals surface area contributed by atoms with Gasteiger partial charge in [0.1, 0.15) is 5.75 Å². The van der Waals surface area contributed by atoms with E-state index in [1.165, 1.54) is 4.90 Å². The van der Waals surface area contributed by atoms with E-state index in [1.54, 1.807) is 38.1 Å². The third-order valence-electron chi connectivity index (χ3n) is 2.76. The maximum Gasteiger partial charge on any atom is 0.331 e. The number of carbonyl (C=O) groups excluding carboxylic acids is 1. The fraction of sp³-hybridized carbons (Fsp3) is 0.429. The van der Waals surface area contributed by atoms with Crippen molar-refractivity contribution in [2.75, 3.05) is 6.61 Å². The molecule has 1 unspecified atom stereocenters. The Bertz CT molecular complexity index is 445. The smallest absolute Gasteiger partial charge is 0.331 e. The highest BCUT2D eigenvalue weighted by molar-refractivity contribution is 5.79. The largest absolute Gasteiger partial charge is 0.493 e. The lowest BCUT2D eigenvalue weighted by molar-refractivity contribution is -0.148. The molecule has 1 atom stereocenters. The minimum absolute atomic E-state index is 0.215. The molecule has 1 aromatic rings. The Balaban J connectivity index is 3.26. The summed E-state index contributed by atoms with van der Waals surface area (Å²) in [5, 5.41) is 9.41. The Morgan fingerprint density at radius 2 is 2.05 bits per heavy atom. The summed E-state index contributed by atoms with van der Waals surface area (Å²) in [6.07, 6.45) is 0.562. The summed E-state index contributed by atoms with van der Waals surface area (Å²) in [6, 6.07) is 5.62.